The second-order valence-electron chi connectivity index (χ2n) is 8.26. The number of hydrogen-bond donors (Lipinski definition) is 5. The number of aliphatic hydroxyl groups excluding tert-OH is 1. The predicted octanol–water partition coefficient (Wildman–Crippen LogP) is 2.25. The molecule has 0 bridgehead atoms. The zero-order valence-corrected chi connectivity index (χ0v) is 19.4. The number of urea groups is 1. The van der Waals surface area contributed by atoms with Crippen molar-refractivity contribution in [2.45, 2.75) is 58.6 Å². The molecule has 0 radical (unpaired) electrons. The molecule has 182 valence electrons. The third-order valence-electron chi connectivity index (χ3n) is 5.16. The van der Waals surface area contributed by atoms with E-state index in [4.69, 9.17) is 10.8 Å². The standard InChI is InChI=1S/C24H36N4O5/c1-4-5-8-21(31)28-22(16(2)3)20(30)14-18(7-6-13-26-24(25)33)23(32)27-19-11-9-17(15-29)10-12-19/h4,9-12,16,18,22,29H,1,5-8,13-15H2,2-3H3,(H,27,32)(H,28,31)(H3,25,26,33)/t18-,22+/m1/s1. The topological polar surface area (TPSA) is 151 Å². The van der Waals surface area contributed by atoms with E-state index in [1.54, 1.807) is 30.3 Å². The van der Waals surface area contributed by atoms with Gasteiger partial charge >= 0.3 is 6.03 Å². The lowest BCUT2D eigenvalue weighted by Gasteiger charge is -2.24. The zero-order valence-electron chi connectivity index (χ0n) is 19.4. The first-order valence-electron chi connectivity index (χ1n) is 11.1. The quantitative estimate of drug-likeness (QED) is 0.201. The monoisotopic (exact) mass is 460 g/mol. The second-order valence-corrected chi connectivity index (χ2v) is 8.26. The smallest absolute Gasteiger partial charge is 0.312 e. The minimum atomic E-state index is -0.704. The molecule has 9 nitrogen and oxygen atoms in total. The molecule has 6 N–H and O–H groups in total. The van der Waals surface area contributed by atoms with Crippen molar-refractivity contribution < 1.29 is 24.3 Å². The number of carbonyl (C=O) groups excluding carboxylic acids is 4. The first-order chi connectivity index (χ1) is 15.7. The molecule has 9 heteroatoms. The molecule has 0 spiro atoms. The largest absolute Gasteiger partial charge is 0.392 e. The van der Waals surface area contributed by atoms with E-state index in [2.05, 4.69) is 22.5 Å². The number of aliphatic hydroxyl groups is 1. The van der Waals surface area contributed by atoms with Crippen molar-refractivity contribution in [2.24, 2.45) is 17.6 Å². The van der Waals surface area contributed by atoms with Crippen LogP contribution in [0.5, 0.6) is 0 Å². The third kappa shape index (κ3) is 10.8. The lowest BCUT2D eigenvalue weighted by atomic mass is 9.89. The number of anilines is 1. The van der Waals surface area contributed by atoms with Crippen LogP contribution >= 0.6 is 0 Å². The van der Waals surface area contributed by atoms with Gasteiger partial charge in [-0.2, -0.15) is 0 Å². The van der Waals surface area contributed by atoms with Gasteiger partial charge in [-0.3, -0.25) is 14.4 Å². The number of benzene rings is 1. The number of carbonyl (C=O) groups is 4. The van der Waals surface area contributed by atoms with Crippen molar-refractivity contribution in [3.63, 3.8) is 0 Å². The maximum absolute atomic E-state index is 13.1. The van der Waals surface area contributed by atoms with E-state index in [1.807, 2.05) is 13.8 Å². The highest BCUT2D eigenvalue weighted by Crippen LogP contribution is 2.19. The highest BCUT2D eigenvalue weighted by molar-refractivity contribution is 5.97. The molecule has 1 aromatic rings. The van der Waals surface area contributed by atoms with Crippen LogP contribution in [0.25, 0.3) is 0 Å². The summed E-state index contributed by atoms with van der Waals surface area (Å²) in [7, 11) is 0. The number of ketones is 1. The van der Waals surface area contributed by atoms with Crippen molar-refractivity contribution in [3.8, 4) is 0 Å². The van der Waals surface area contributed by atoms with Crippen LogP contribution in [-0.4, -0.2) is 41.3 Å². The van der Waals surface area contributed by atoms with E-state index in [-0.39, 0.29) is 49.5 Å². The maximum atomic E-state index is 13.1. The number of allylic oxidation sites excluding steroid dienone is 1. The molecular formula is C24H36N4O5. The molecule has 0 saturated carbocycles. The van der Waals surface area contributed by atoms with Crippen LogP contribution in [0, 0.1) is 11.8 Å². The summed E-state index contributed by atoms with van der Waals surface area (Å²) in [5.41, 5.74) is 6.34. The SMILES string of the molecule is C=CCCC(=O)N[C@H](C(=O)C[C@@H](CCCNC(N)=O)C(=O)Nc1ccc(CO)cc1)C(C)C. The minimum Gasteiger partial charge on any atom is -0.392 e. The molecule has 0 heterocycles. The van der Waals surface area contributed by atoms with Gasteiger partial charge in [0.05, 0.1) is 12.6 Å². The van der Waals surface area contributed by atoms with Crippen molar-refractivity contribution in [2.75, 3.05) is 11.9 Å². The first kappa shape index (κ1) is 27.8. The average Bonchev–Trinajstić information content (AvgIpc) is 2.77. The van der Waals surface area contributed by atoms with Gasteiger partial charge in [-0.15, -0.1) is 6.58 Å². The first-order valence-corrected chi connectivity index (χ1v) is 11.1. The van der Waals surface area contributed by atoms with E-state index in [9.17, 15) is 19.2 Å². The maximum Gasteiger partial charge on any atom is 0.312 e. The van der Waals surface area contributed by atoms with Crippen LogP contribution in [0.15, 0.2) is 36.9 Å². The Morgan fingerprint density at radius 2 is 1.82 bits per heavy atom. The molecule has 0 fully saturated rings. The number of amides is 4. The molecule has 0 saturated heterocycles. The number of rotatable bonds is 15. The van der Waals surface area contributed by atoms with Crippen LogP contribution < -0.4 is 21.7 Å². The summed E-state index contributed by atoms with van der Waals surface area (Å²) >= 11 is 0. The Kier molecular flexibility index (Phi) is 12.5. The van der Waals surface area contributed by atoms with E-state index in [0.29, 0.717) is 30.5 Å². The van der Waals surface area contributed by atoms with Gasteiger partial charge in [-0.05, 0) is 42.9 Å². The number of hydrogen-bond acceptors (Lipinski definition) is 5. The number of primary amides is 1. The van der Waals surface area contributed by atoms with Gasteiger partial charge in [-0.1, -0.05) is 32.1 Å². The van der Waals surface area contributed by atoms with E-state index < -0.39 is 18.0 Å². The summed E-state index contributed by atoms with van der Waals surface area (Å²) in [5, 5.41) is 17.2. The van der Waals surface area contributed by atoms with Gasteiger partial charge in [0.25, 0.3) is 0 Å². The highest BCUT2D eigenvalue weighted by Gasteiger charge is 2.29. The van der Waals surface area contributed by atoms with Gasteiger partial charge in [-0.25, -0.2) is 4.79 Å². The summed E-state index contributed by atoms with van der Waals surface area (Å²) in [6.45, 7) is 7.45. The van der Waals surface area contributed by atoms with Gasteiger partial charge in [0, 0.05) is 31.0 Å². The van der Waals surface area contributed by atoms with E-state index in [1.165, 1.54) is 0 Å². The Morgan fingerprint density at radius 1 is 1.15 bits per heavy atom. The molecule has 1 rings (SSSR count). The van der Waals surface area contributed by atoms with Crippen molar-refractivity contribution >= 4 is 29.3 Å². The lowest BCUT2D eigenvalue weighted by Crippen LogP contribution is -2.45. The fourth-order valence-corrected chi connectivity index (χ4v) is 3.29. The molecule has 33 heavy (non-hydrogen) atoms. The Balaban J connectivity index is 2.89. The van der Waals surface area contributed by atoms with Crippen molar-refractivity contribution in [1.82, 2.24) is 10.6 Å². The summed E-state index contributed by atoms with van der Waals surface area (Å²) in [6.07, 6.45) is 3.14. The molecule has 0 aromatic heterocycles. The molecule has 4 amide bonds. The Labute approximate surface area is 195 Å². The molecular weight excluding hydrogens is 424 g/mol. The van der Waals surface area contributed by atoms with Crippen LogP contribution in [0.2, 0.25) is 0 Å². The zero-order chi connectivity index (χ0) is 24.8. The summed E-state index contributed by atoms with van der Waals surface area (Å²) in [5.74, 6) is -1.60. The van der Waals surface area contributed by atoms with Gasteiger partial charge in [0.2, 0.25) is 11.8 Å². The van der Waals surface area contributed by atoms with E-state index >= 15 is 0 Å². The lowest BCUT2D eigenvalue weighted by molar-refractivity contribution is -0.131. The van der Waals surface area contributed by atoms with Crippen LogP contribution in [0.3, 0.4) is 0 Å². The summed E-state index contributed by atoms with van der Waals surface area (Å²) < 4.78 is 0. The molecule has 0 aliphatic heterocycles. The molecule has 0 aliphatic carbocycles. The van der Waals surface area contributed by atoms with Crippen LogP contribution in [-0.2, 0) is 21.0 Å². The molecule has 0 aliphatic rings. The van der Waals surface area contributed by atoms with Crippen molar-refractivity contribution in [1.29, 1.82) is 0 Å². The molecule has 0 unspecified atom stereocenters. The molecule has 2 atom stereocenters. The fraction of sp³-hybridized carbons (Fsp3) is 0.500. The molecule has 1 aromatic carbocycles. The highest BCUT2D eigenvalue weighted by atomic mass is 16.3. The third-order valence-corrected chi connectivity index (χ3v) is 5.16. The van der Waals surface area contributed by atoms with Gasteiger partial charge in [0.15, 0.2) is 5.78 Å². The Morgan fingerprint density at radius 3 is 2.36 bits per heavy atom. The van der Waals surface area contributed by atoms with Gasteiger partial charge < -0.3 is 26.8 Å². The summed E-state index contributed by atoms with van der Waals surface area (Å²) in [6, 6.07) is 5.38. The van der Waals surface area contributed by atoms with Crippen LogP contribution in [0.1, 0.15) is 51.5 Å². The predicted molar refractivity (Wildman–Crippen MR) is 127 cm³/mol. The van der Waals surface area contributed by atoms with Gasteiger partial charge in [0.1, 0.15) is 0 Å². The average molecular weight is 461 g/mol. The minimum absolute atomic E-state index is 0.0539. The number of Topliss-reactive ketones (excluding diaryl/α,β-unsaturated/α-hetero) is 1. The summed E-state index contributed by atoms with van der Waals surface area (Å²) in [4.78, 5) is 49.1. The Hall–Kier alpha value is -3.20. The fourth-order valence-electron chi connectivity index (χ4n) is 3.29. The normalized spacial score (nSPS) is 12.5. The van der Waals surface area contributed by atoms with E-state index in [0.717, 1.165) is 0 Å². The van der Waals surface area contributed by atoms with Crippen molar-refractivity contribution in [3.05, 3.63) is 42.5 Å². The second kappa shape index (κ2) is 14.8. The number of nitrogens with two attached hydrogens (primary N) is 1. The Bertz CT molecular complexity index is 808. The number of nitrogens with one attached hydrogen (secondary N) is 3. The van der Waals surface area contributed by atoms with Crippen LogP contribution in [0.4, 0.5) is 10.5 Å².